The van der Waals surface area contributed by atoms with E-state index in [9.17, 15) is 10.2 Å². The highest BCUT2D eigenvalue weighted by Crippen LogP contribution is 2.29. The largest absolute Gasteiger partial charge is 0.390 e. The zero-order valence-electron chi connectivity index (χ0n) is 14.4. The Hall–Kier alpha value is -0.0800. The molecule has 0 amide bonds. The minimum absolute atomic E-state index is 0.190. The summed E-state index contributed by atoms with van der Waals surface area (Å²) in [4.78, 5) is 0. The van der Waals surface area contributed by atoms with Crippen molar-refractivity contribution in [2.24, 2.45) is 17.8 Å². The average molecular weight is 286 g/mol. The average Bonchev–Trinajstić information content (AvgIpc) is 2.47. The molecule has 0 aliphatic carbocycles. The van der Waals surface area contributed by atoms with Crippen LogP contribution in [0, 0.1) is 17.8 Å². The summed E-state index contributed by atoms with van der Waals surface area (Å²) in [5.41, 5.74) is 0. The molecular weight excluding hydrogens is 248 g/mol. The van der Waals surface area contributed by atoms with Crippen LogP contribution in [-0.2, 0) is 0 Å². The smallest absolute Gasteiger partial charge is 0.0827 e. The van der Waals surface area contributed by atoms with Gasteiger partial charge in [0.1, 0.15) is 0 Å². The third-order valence-electron chi connectivity index (χ3n) is 4.96. The fourth-order valence-electron chi connectivity index (χ4n) is 3.02. The van der Waals surface area contributed by atoms with Gasteiger partial charge in [-0.25, -0.2) is 0 Å². The van der Waals surface area contributed by atoms with Gasteiger partial charge in [-0.15, -0.1) is 0 Å². The van der Waals surface area contributed by atoms with Crippen LogP contribution in [-0.4, -0.2) is 22.4 Å². The molecule has 0 spiro atoms. The van der Waals surface area contributed by atoms with Gasteiger partial charge < -0.3 is 10.2 Å². The Balaban J connectivity index is 4.22. The van der Waals surface area contributed by atoms with Crippen LogP contribution in [0.3, 0.4) is 0 Å². The van der Waals surface area contributed by atoms with Crippen LogP contribution in [0.2, 0.25) is 0 Å². The van der Waals surface area contributed by atoms with E-state index in [4.69, 9.17) is 0 Å². The predicted molar refractivity (Wildman–Crippen MR) is 87.8 cm³/mol. The molecule has 0 aromatic carbocycles. The summed E-state index contributed by atoms with van der Waals surface area (Å²) in [6, 6.07) is 0. The molecule has 0 saturated heterocycles. The molecule has 0 aromatic heterocycles. The fraction of sp³-hybridized carbons (Fsp3) is 1.00. The summed E-state index contributed by atoms with van der Waals surface area (Å²) in [6.45, 7) is 11.0. The topological polar surface area (TPSA) is 40.5 Å². The first-order chi connectivity index (χ1) is 9.47. The lowest BCUT2D eigenvalue weighted by Gasteiger charge is -2.31. The first-order valence-corrected chi connectivity index (χ1v) is 8.83. The molecule has 20 heavy (non-hydrogen) atoms. The van der Waals surface area contributed by atoms with E-state index in [1.807, 2.05) is 0 Å². The van der Waals surface area contributed by atoms with Crippen molar-refractivity contribution in [3.63, 3.8) is 0 Å². The molecule has 2 heteroatoms. The molecule has 0 fully saturated rings. The second-order valence-corrected chi connectivity index (χ2v) is 6.68. The van der Waals surface area contributed by atoms with Gasteiger partial charge in [0.25, 0.3) is 0 Å². The van der Waals surface area contributed by atoms with Crippen molar-refractivity contribution in [3.8, 4) is 0 Å². The van der Waals surface area contributed by atoms with Crippen molar-refractivity contribution in [1.82, 2.24) is 0 Å². The summed E-state index contributed by atoms with van der Waals surface area (Å²) in [7, 11) is 0. The van der Waals surface area contributed by atoms with Gasteiger partial charge in [0.05, 0.1) is 12.2 Å². The van der Waals surface area contributed by atoms with E-state index in [0.29, 0.717) is 11.8 Å². The summed E-state index contributed by atoms with van der Waals surface area (Å²) in [5, 5.41) is 20.6. The van der Waals surface area contributed by atoms with E-state index in [1.165, 1.54) is 25.7 Å². The molecule has 0 aliphatic heterocycles. The van der Waals surface area contributed by atoms with Crippen molar-refractivity contribution in [2.75, 3.05) is 0 Å². The number of hydrogen-bond acceptors (Lipinski definition) is 2. The van der Waals surface area contributed by atoms with Crippen molar-refractivity contribution >= 4 is 0 Å². The van der Waals surface area contributed by atoms with E-state index in [0.717, 1.165) is 25.7 Å². The second kappa shape index (κ2) is 11.6. The second-order valence-electron chi connectivity index (χ2n) is 6.68. The van der Waals surface area contributed by atoms with Crippen LogP contribution in [0.1, 0.15) is 86.0 Å². The van der Waals surface area contributed by atoms with E-state index in [1.54, 1.807) is 0 Å². The Morgan fingerprint density at radius 2 is 1.50 bits per heavy atom. The molecule has 0 radical (unpaired) electrons. The maximum Gasteiger partial charge on any atom is 0.0827 e. The van der Waals surface area contributed by atoms with E-state index < -0.39 is 12.2 Å². The van der Waals surface area contributed by atoms with Crippen LogP contribution in [0.4, 0.5) is 0 Å². The molecule has 122 valence electrons. The van der Waals surface area contributed by atoms with E-state index in [-0.39, 0.29) is 5.92 Å². The van der Waals surface area contributed by atoms with Crippen molar-refractivity contribution in [3.05, 3.63) is 0 Å². The van der Waals surface area contributed by atoms with Crippen molar-refractivity contribution in [1.29, 1.82) is 0 Å². The van der Waals surface area contributed by atoms with Gasteiger partial charge in [-0.1, -0.05) is 73.1 Å². The van der Waals surface area contributed by atoms with Gasteiger partial charge in [-0.3, -0.25) is 0 Å². The SMILES string of the molecule is CCCCCCC(O)C(O)C(C)C(CC)CC(C)CC. The van der Waals surface area contributed by atoms with Crippen molar-refractivity contribution in [2.45, 2.75) is 98.2 Å². The first-order valence-electron chi connectivity index (χ1n) is 8.83. The Kier molecular flexibility index (Phi) is 11.5. The quantitative estimate of drug-likeness (QED) is 0.507. The standard InChI is InChI=1S/C18H38O2/c1-6-9-10-11-12-17(19)18(20)15(5)16(8-3)13-14(4)7-2/h14-20H,6-13H2,1-5H3. The van der Waals surface area contributed by atoms with Crippen molar-refractivity contribution < 1.29 is 10.2 Å². The number of hydrogen-bond donors (Lipinski definition) is 2. The number of aliphatic hydroxyl groups excluding tert-OH is 2. The zero-order valence-corrected chi connectivity index (χ0v) is 14.4. The predicted octanol–water partition coefficient (Wildman–Crippen LogP) is 4.78. The highest BCUT2D eigenvalue weighted by Gasteiger charge is 2.28. The Morgan fingerprint density at radius 3 is 2.00 bits per heavy atom. The highest BCUT2D eigenvalue weighted by molar-refractivity contribution is 4.79. The van der Waals surface area contributed by atoms with Gasteiger partial charge >= 0.3 is 0 Å². The van der Waals surface area contributed by atoms with E-state index >= 15 is 0 Å². The summed E-state index contributed by atoms with van der Waals surface area (Å²) in [5.74, 6) is 1.41. The third-order valence-corrected chi connectivity index (χ3v) is 4.96. The maximum absolute atomic E-state index is 10.4. The van der Waals surface area contributed by atoms with Gasteiger partial charge in [0, 0.05) is 0 Å². The lowest BCUT2D eigenvalue weighted by atomic mass is 9.79. The molecular formula is C18H38O2. The third kappa shape index (κ3) is 7.64. The van der Waals surface area contributed by atoms with Gasteiger partial charge in [0.2, 0.25) is 0 Å². The fourth-order valence-corrected chi connectivity index (χ4v) is 3.02. The Morgan fingerprint density at radius 1 is 0.850 bits per heavy atom. The Labute approximate surface area is 127 Å². The minimum Gasteiger partial charge on any atom is -0.390 e. The van der Waals surface area contributed by atoms with Gasteiger partial charge in [-0.05, 0) is 30.6 Å². The van der Waals surface area contributed by atoms with E-state index in [2.05, 4.69) is 34.6 Å². The monoisotopic (exact) mass is 286 g/mol. The van der Waals surface area contributed by atoms with Crippen LogP contribution in [0.25, 0.3) is 0 Å². The first kappa shape index (κ1) is 19.9. The summed E-state index contributed by atoms with van der Waals surface area (Å²) >= 11 is 0. The Bertz CT molecular complexity index is 217. The van der Waals surface area contributed by atoms with Crippen LogP contribution in [0.5, 0.6) is 0 Å². The summed E-state index contributed by atoms with van der Waals surface area (Å²) in [6.07, 6.45) is 7.70. The van der Waals surface area contributed by atoms with Gasteiger partial charge in [0.15, 0.2) is 0 Å². The maximum atomic E-state index is 10.4. The molecule has 0 aromatic rings. The molecule has 0 heterocycles. The molecule has 0 saturated carbocycles. The lowest BCUT2D eigenvalue weighted by Crippen LogP contribution is -2.36. The number of rotatable bonds is 12. The molecule has 0 rings (SSSR count). The highest BCUT2D eigenvalue weighted by atomic mass is 16.3. The van der Waals surface area contributed by atoms with Gasteiger partial charge in [-0.2, -0.15) is 0 Å². The van der Waals surface area contributed by atoms with Crippen LogP contribution < -0.4 is 0 Å². The van der Waals surface area contributed by atoms with Crippen LogP contribution >= 0.6 is 0 Å². The lowest BCUT2D eigenvalue weighted by molar-refractivity contribution is -0.0362. The minimum atomic E-state index is -0.564. The molecule has 5 atom stereocenters. The number of aliphatic hydroxyl groups is 2. The molecule has 0 bridgehead atoms. The zero-order chi connectivity index (χ0) is 15.5. The normalized spacial score (nSPS) is 19.4. The van der Waals surface area contributed by atoms with Crippen LogP contribution in [0.15, 0.2) is 0 Å². The molecule has 2 N–H and O–H groups in total. The molecule has 2 nitrogen and oxygen atoms in total. The summed E-state index contributed by atoms with van der Waals surface area (Å²) < 4.78 is 0. The number of unbranched alkanes of at least 4 members (excludes halogenated alkanes) is 3. The molecule has 0 aliphatic rings. The molecule has 5 unspecified atom stereocenters.